The first-order chi connectivity index (χ1) is 12.6. The van der Waals surface area contributed by atoms with Crippen molar-refractivity contribution in [3.63, 3.8) is 0 Å². The summed E-state index contributed by atoms with van der Waals surface area (Å²) in [4.78, 5) is 28.1. The number of aromatic nitrogens is 1. The highest BCUT2D eigenvalue weighted by atomic mass is 35.5. The van der Waals surface area contributed by atoms with Crippen LogP contribution in [0.25, 0.3) is 10.6 Å². The second-order valence-electron chi connectivity index (χ2n) is 5.55. The molecule has 0 saturated carbocycles. The lowest BCUT2D eigenvalue weighted by atomic mass is 10.2. The number of halogens is 1. The fourth-order valence-electron chi connectivity index (χ4n) is 2.48. The predicted octanol–water partition coefficient (Wildman–Crippen LogP) is 4.05. The van der Waals surface area contributed by atoms with Crippen LogP contribution in [0.5, 0.6) is 5.75 Å². The number of amides is 2. The first-order valence-corrected chi connectivity index (χ1v) is 8.94. The number of fused-ring (bicyclic) bond motifs is 1. The number of hydrogen-bond acceptors (Lipinski definition) is 5. The zero-order chi connectivity index (χ0) is 18.1. The van der Waals surface area contributed by atoms with Crippen molar-refractivity contribution in [2.75, 3.05) is 17.2 Å². The average molecular weight is 386 g/mol. The first-order valence-electron chi connectivity index (χ1n) is 7.68. The van der Waals surface area contributed by atoms with Crippen molar-refractivity contribution in [3.05, 3.63) is 58.6 Å². The van der Waals surface area contributed by atoms with Gasteiger partial charge in [-0.05, 0) is 24.3 Å². The standard InChI is InChI=1S/C18H12ClN3O3S/c19-11-3-1-2-10(6-11)18-22-14(9-26-18)17(24)20-12-4-5-13-15(7-12)25-8-16(23)21-13/h1-7,9H,8H2,(H,20,24)(H,21,23). The third-order valence-corrected chi connectivity index (χ3v) is 4.81. The molecule has 0 aliphatic carbocycles. The van der Waals surface area contributed by atoms with E-state index in [9.17, 15) is 9.59 Å². The third kappa shape index (κ3) is 3.40. The monoisotopic (exact) mass is 385 g/mol. The summed E-state index contributed by atoms with van der Waals surface area (Å²) in [5, 5.41) is 8.51. The van der Waals surface area contributed by atoms with Gasteiger partial charge in [-0.3, -0.25) is 9.59 Å². The van der Waals surface area contributed by atoms with E-state index in [0.29, 0.717) is 32.8 Å². The molecule has 0 fully saturated rings. The van der Waals surface area contributed by atoms with Crippen molar-refractivity contribution in [3.8, 4) is 16.3 Å². The van der Waals surface area contributed by atoms with Crippen molar-refractivity contribution in [1.82, 2.24) is 4.98 Å². The van der Waals surface area contributed by atoms with Gasteiger partial charge in [-0.2, -0.15) is 0 Å². The van der Waals surface area contributed by atoms with Gasteiger partial charge in [-0.1, -0.05) is 23.7 Å². The molecule has 0 radical (unpaired) electrons. The van der Waals surface area contributed by atoms with Gasteiger partial charge in [0.2, 0.25) is 0 Å². The maximum Gasteiger partial charge on any atom is 0.275 e. The van der Waals surface area contributed by atoms with Crippen LogP contribution in [0, 0.1) is 0 Å². The number of carbonyl (C=O) groups is 2. The van der Waals surface area contributed by atoms with Crippen molar-refractivity contribution >= 4 is 46.1 Å². The van der Waals surface area contributed by atoms with Crippen LogP contribution >= 0.6 is 22.9 Å². The van der Waals surface area contributed by atoms with Crippen LogP contribution < -0.4 is 15.4 Å². The van der Waals surface area contributed by atoms with Gasteiger partial charge in [0, 0.05) is 27.7 Å². The third-order valence-electron chi connectivity index (χ3n) is 3.68. The molecule has 2 amide bonds. The van der Waals surface area contributed by atoms with E-state index in [0.717, 1.165) is 5.56 Å². The lowest BCUT2D eigenvalue weighted by Crippen LogP contribution is -2.25. The van der Waals surface area contributed by atoms with Gasteiger partial charge in [0.25, 0.3) is 11.8 Å². The van der Waals surface area contributed by atoms with Crippen LogP contribution in [-0.4, -0.2) is 23.4 Å². The van der Waals surface area contributed by atoms with Crippen LogP contribution in [0.15, 0.2) is 47.8 Å². The van der Waals surface area contributed by atoms with Crippen molar-refractivity contribution in [2.45, 2.75) is 0 Å². The molecule has 0 unspecified atom stereocenters. The minimum absolute atomic E-state index is 0.0422. The zero-order valence-corrected chi connectivity index (χ0v) is 14.9. The molecule has 8 heteroatoms. The second-order valence-corrected chi connectivity index (χ2v) is 6.84. The maximum atomic E-state index is 12.4. The number of carbonyl (C=O) groups excluding carboxylic acids is 2. The van der Waals surface area contributed by atoms with E-state index >= 15 is 0 Å². The Kier molecular flexibility index (Phi) is 4.32. The number of benzene rings is 2. The molecule has 1 aromatic heterocycles. The van der Waals surface area contributed by atoms with Crippen LogP contribution in [0.3, 0.4) is 0 Å². The van der Waals surface area contributed by atoms with Gasteiger partial charge in [0.15, 0.2) is 6.61 Å². The molecule has 130 valence electrons. The van der Waals surface area contributed by atoms with E-state index in [1.54, 1.807) is 35.7 Å². The number of rotatable bonds is 3. The SMILES string of the molecule is O=C1COc2cc(NC(=O)c3csc(-c4cccc(Cl)c4)n3)ccc2N1. The van der Waals surface area contributed by atoms with Crippen LogP contribution in [-0.2, 0) is 4.79 Å². The summed E-state index contributed by atoms with van der Waals surface area (Å²) in [5.74, 6) is -0.0140. The Bertz CT molecular complexity index is 1020. The molecule has 0 bridgehead atoms. The average Bonchev–Trinajstić information content (AvgIpc) is 3.12. The lowest BCUT2D eigenvalue weighted by Gasteiger charge is -2.18. The van der Waals surface area contributed by atoms with Crippen LogP contribution in [0.1, 0.15) is 10.5 Å². The maximum absolute atomic E-state index is 12.4. The number of nitrogens with zero attached hydrogens (tertiary/aromatic N) is 1. The van der Waals surface area contributed by atoms with Gasteiger partial charge in [0.05, 0.1) is 5.69 Å². The molecule has 1 aliphatic rings. The van der Waals surface area contributed by atoms with Crippen LogP contribution in [0.2, 0.25) is 5.02 Å². The molecule has 2 N–H and O–H groups in total. The Balaban J connectivity index is 1.51. The quantitative estimate of drug-likeness (QED) is 0.712. The summed E-state index contributed by atoms with van der Waals surface area (Å²) in [6, 6.07) is 12.4. The number of thiazole rings is 1. The van der Waals surface area contributed by atoms with E-state index < -0.39 is 0 Å². The summed E-state index contributed by atoms with van der Waals surface area (Å²) in [6.45, 7) is -0.0422. The smallest absolute Gasteiger partial charge is 0.275 e. The van der Waals surface area contributed by atoms with E-state index in [4.69, 9.17) is 16.3 Å². The normalized spacial score (nSPS) is 12.7. The molecule has 0 spiro atoms. The van der Waals surface area contributed by atoms with Gasteiger partial charge in [0.1, 0.15) is 16.5 Å². The highest BCUT2D eigenvalue weighted by Gasteiger charge is 2.17. The van der Waals surface area contributed by atoms with Gasteiger partial charge >= 0.3 is 0 Å². The molecule has 3 aromatic rings. The van der Waals surface area contributed by atoms with E-state index in [1.807, 2.05) is 12.1 Å². The number of hydrogen-bond donors (Lipinski definition) is 2. The Morgan fingerprint density at radius 1 is 1.27 bits per heavy atom. The second kappa shape index (κ2) is 6.78. The van der Waals surface area contributed by atoms with Gasteiger partial charge < -0.3 is 15.4 Å². The van der Waals surface area contributed by atoms with Crippen LogP contribution in [0.4, 0.5) is 11.4 Å². The summed E-state index contributed by atoms with van der Waals surface area (Å²) in [5.41, 5.74) is 2.31. The summed E-state index contributed by atoms with van der Waals surface area (Å²) in [7, 11) is 0. The largest absolute Gasteiger partial charge is 0.482 e. The van der Waals surface area contributed by atoms with Gasteiger partial charge in [-0.25, -0.2) is 4.98 Å². The summed E-state index contributed by atoms with van der Waals surface area (Å²) < 4.78 is 5.35. The Hall–Kier alpha value is -2.90. The molecule has 2 aromatic carbocycles. The lowest BCUT2D eigenvalue weighted by molar-refractivity contribution is -0.118. The Labute approximate surface area is 157 Å². The van der Waals surface area contributed by atoms with E-state index in [-0.39, 0.29) is 18.4 Å². The predicted molar refractivity (Wildman–Crippen MR) is 101 cm³/mol. The molecule has 0 atom stereocenters. The molecule has 6 nitrogen and oxygen atoms in total. The molecule has 1 aliphatic heterocycles. The molecule has 2 heterocycles. The first kappa shape index (κ1) is 16.6. The molecular formula is C18H12ClN3O3S. The highest BCUT2D eigenvalue weighted by molar-refractivity contribution is 7.13. The molecule has 4 rings (SSSR count). The minimum atomic E-state index is -0.325. The summed E-state index contributed by atoms with van der Waals surface area (Å²) >= 11 is 7.37. The Morgan fingerprint density at radius 2 is 2.15 bits per heavy atom. The molecule has 26 heavy (non-hydrogen) atoms. The van der Waals surface area contributed by atoms with Gasteiger partial charge in [-0.15, -0.1) is 11.3 Å². The van der Waals surface area contributed by atoms with E-state index in [2.05, 4.69) is 15.6 Å². The summed E-state index contributed by atoms with van der Waals surface area (Å²) in [6.07, 6.45) is 0. The molecule has 0 saturated heterocycles. The number of anilines is 2. The van der Waals surface area contributed by atoms with E-state index in [1.165, 1.54) is 11.3 Å². The zero-order valence-electron chi connectivity index (χ0n) is 13.3. The molecular weight excluding hydrogens is 374 g/mol. The number of nitrogens with one attached hydrogen (secondary N) is 2. The van der Waals surface area contributed by atoms with Crippen molar-refractivity contribution < 1.29 is 14.3 Å². The number of ether oxygens (including phenoxy) is 1. The van der Waals surface area contributed by atoms with Crippen molar-refractivity contribution in [2.24, 2.45) is 0 Å². The topological polar surface area (TPSA) is 80.3 Å². The Morgan fingerprint density at radius 3 is 3.00 bits per heavy atom. The highest BCUT2D eigenvalue weighted by Crippen LogP contribution is 2.31. The fraction of sp³-hybridized carbons (Fsp3) is 0.0556. The van der Waals surface area contributed by atoms with Crippen molar-refractivity contribution in [1.29, 1.82) is 0 Å². The fourth-order valence-corrected chi connectivity index (χ4v) is 3.47. The minimum Gasteiger partial charge on any atom is -0.482 e.